The van der Waals surface area contributed by atoms with Crippen LogP contribution in [0.25, 0.3) is 0 Å². The second-order valence-electron chi connectivity index (χ2n) is 19.4. The summed E-state index contributed by atoms with van der Waals surface area (Å²) in [5, 5.41) is 20.5. The molecule has 348 valence electrons. The van der Waals surface area contributed by atoms with Gasteiger partial charge in [0.2, 0.25) is 0 Å². The van der Waals surface area contributed by atoms with E-state index < -0.39 is 30.7 Å². The van der Waals surface area contributed by atoms with Crippen molar-refractivity contribution in [2.75, 3.05) is 13.0 Å². The van der Waals surface area contributed by atoms with E-state index in [1.807, 2.05) is 95.3 Å². The minimum Gasteiger partial charge on any atom is -0.444 e. The van der Waals surface area contributed by atoms with E-state index in [0.29, 0.717) is 24.3 Å². The summed E-state index contributed by atoms with van der Waals surface area (Å²) in [6, 6.07) is 20.1. The molecule has 0 saturated carbocycles. The molecule has 63 heavy (non-hydrogen) atoms. The number of alkyl carbamates (subject to hydrolysis) is 1. The lowest BCUT2D eigenvalue weighted by Gasteiger charge is -2.40. The summed E-state index contributed by atoms with van der Waals surface area (Å²) in [6.45, 7) is 15.1. The topological polar surface area (TPSA) is 132 Å². The molecule has 0 radical (unpaired) electrons. The first-order chi connectivity index (χ1) is 30.6. The van der Waals surface area contributed by atoms with E-state index in [-0.39, 0.29) is 69.7 Å². The van der Waals surface area contributed by atoms with Gasteiger partial charge >= 0.3 is 6.09 Å². The SMILES string of the molecule is S.S.[2H]C([2H])(C[C@H](N)c1ccccc1)N1C2CCC1CC(n1c(C)nnc1C(C)C)C2.[2H]C([2H])(C[C@H](NC(=O)OC(C)(C)C)c1ccccc1)N1C2CCC1CC(n1c(C)nnc1C(C)C)C2. The minimum absolute atomic E-state index is 0. The van der Waals surface area contributed by atoms with E-state index in [2.05, 4.69) is 72.3 Å². The maximum absolute atomic E-state index is 12.7. The van der Waals surface area contributed by atoms with Crippen LogP contribution in [0, 0.1) is 13.8 Å². The maximum atomic E-state index is 12.7. The number of fused-ring (bicyclic) bond motifs is 4. The number of aromatic nitrogens is 6. The first-order valence-corrected chi connectivity index (χ1v) is 22.9. The smallest absolute Gasteiger partial charge is 0.408 e. The van der Waals surface area contributed by atoms with Gasteiger partial charge in [0.1, 0.15) is 28.9 Å². The van der Waals surface area contributed by atoms with Gasteiger partial charge in [0.05, 0.1) is 6.04 Å². The molecule has 4 fully saturated rings. The Kier molecular flexibility index (Phi) is 15.8. The van der Waals surface area contributed by atoms with Gasteiger partial charge < -0.3 is 24.9 Å². The number of nitrogens with two attached hydrogens (primary N) is 1. The Balaban J connectivity index is 0.000000249. The van der Waals surface area contributed by atoms with Crippen LogP contribution in [0.3, 0.4) is 0 Å². The number of piperidine rings is 2. The third-order valence-electron chi connectivity index (χ3n) is 13.1. The largest absolute Gasteiger partial charge is 0.444 e. The second kappa shape index (κ2) is 22.2. The van der Waals surface area contributed by atoms with Gasteiger partial charge in [-0.15, -0.1) is 20.4 Å². The van der Waals surface area contributed by atoms with Crippen LogP contribution in [0.5, 0.6) is 0 Å². The number of benzene rings is 2. The first kappa shape index (κ1) is 44.8. The summed E-state index contributed by atoms with van der Waals surface area (Å²) < 4.78 is 46.2. The minimum atomic E-state index is -1.59. The number of nitrogens with zero attached hydrogens (tertiary/aromatic N) is 8. The van der Waals surface area contributed by atoms with Crippen molar-refractivity contribution in [1.82, 2.24) is 44.6 Å². The van der Waals surface area contributed by atoms with Crippen LogP contribution < -0.4 is 11.1 Å². The Hall–Kier alpha value is -3.43. The predicted molar refractivity (Wildman–Crippen MR) is 263 cm³/mol. The van der Waals surface area contributed by atoms with Gasteiger partial charge in [-0.1, -0.05) is 88.4 Å². The molecule has 4 aliphatic heterocycles. The Morgan fingerprint density at radius 2 is 1.08 bits per heavy atom. The van der Waals surface area contributed by atoms with E-state index in [1.165, 1.54) is 0 Å². The summed E-state index contributed by atoms with van der Waals surface area (Å²) in [5.74, 6) is 4.60. The Labute approximate surface area is 397 Å². The van der Waals surface area contributed by atoms with Crippen molar-refractivity contribution in [1.29, 1.82) is 0 Å². The lowest BCUT2D eigenvalue weighted by molar-refractivity contribution is 0.0488. The third-order valence-corrected chi connectivity index (χ3v) is 13.1. The number of hydrogen-bond acceptors (Lipinski definition) is 9. The molecule has 14 heteroatoms. The summed E-state index contributed by atoms with van der Waals surface area (Å²) >= 11 is 0. The van der Waals surface area contributed by atoms with Gasteiger partial charge in [-0.3, -0.25) is 9.80 Å². The third kappa shape index (κ3) is 12.3. The van der Waals surface area contributed by atoms with Crippen LogP contribution in [0.15, 0.2) is 60.7 Å². The molecular weight excluding hydrogens is 825 g/mol. The fourth-order valence-electron chi connectivity index (χ4n) is 10.3. The standard InChI is InChI=1S/C27H41N5O2.C22H33N5.2H2S/c1-18(2)25-30-29-19(3)32(25)23-16-21-12-13-22(17-23)31(21)15-14-24(20-10-8-7-9-11-20)28-26(33)34-27(4,5)6;1-15(2)22-25-24-16(3)27(22)20-13-18-9-10-19(14-20)26(18)12-11-21(23)17-7-5-4-6-8-17;;/h7-11,18,21-24H,12-17H2,1-6H3,(H,28,33);4-8,15,18-21H,9-14,23H2,1-3H3;2*1H2/t21?,22?,23?,24-;18?,19?,20?,21-;;/m00../s1/i15D2;12D2;;. The molecule has 2 aromatic heterocycles. The highest BCUT2D eigenvalue weighted by molar-refractivity contribution is 7.59. The van der Waals surface area contributed by atoms with E-state index in [1.54, 1.807) is 0 Å². The first-order valence-electron chi connectivity index (χ1n) is 24.9. The summed E-state index contributed by atoms with van der Waals surface area (Å²) in [7, 11) is 0. The Bertz CT molecular complexity index is 2180. The summed E-state index contributed by atoms with van der Waals surface area (Å²) in [4.78, 5) is 16.9. The molecule has 8 rings (SSSR count). The van der Waals surface area contributed by atoms with Gasteiger partial charge in [0, 0.05) is 72.6 Å². The molecule has 2 aromatic carbocycles. The summed E-state index contributed by atoms with van der Waals surface area (Å²) in [5.41, 5.74) is 7.64. The fraction of sp³-hybridized carbons (Fsp3) is 0.653. The molecule has 4 saturated heterocycles. The maximum Gasteiger partial charge on any atom is 0.408 e. The van der Waals surface area contributed by atoms with Crippen LogP contribution in [-0.2, 0) is 4.74 Å². The van der Waals surface area contributed by atoms with Crippen molar-refractivity contribution in [2.45, 2.75) is 192 Å². The monoisotopic (exact) mass is 907 g/mol. The number of carbonyl (C=O) groups is 1. The Morgan fingerprint density at radius 1 is 0.683 bits per heavy atom. The van der Waals surface area contributed by atoms with Crippen molar-refractivity contribution in [3.05, 3.63) is 95.1 Å². The zero-order chi connectivity index (χ0) is 47.0. The predicted octanol–water partition coefficient (Wildman–Crippen LogP) is 9.73. The van der Waals surface area contributed by atoms with Gasteiger partial charge in [0.25, 0.3) is 0 Å². The van der Waals surface area contributed by atoms with E-state index >= 15 is 0 Å². The molecule has 4 bridgehead atoms. The molecule has 4 unspecified atom stereocenters. The highest BCUT2D eigenvalue weighted by atomic mass is 32.1. The van der Waals surface area contributed by atoms with E-state index in [0.717, 1.165) is 85.8 Å². The normalized spacial score (nSPS) is 25.7. The van der Waals surface area contributed by atoms with Gasteiger partial charge in [-0.25, -0.2) is 4.79 Å². The second-order valence-corrected chi connectivity index (χ2v) is 19.4. The summed E-state index contributed by atoms with van der Waals surface area (Å²) in [6.07, 6.45) is 7.67. The number of nitrogens with one attached hydrogen (secondary N) is 1. The average molecular weight is 907 g/mol. The van der Waals surface area contributed by atoms with Crippen molar-refractivity contribution in [3.63, 3.8) is 0 Å². The molecule has 1 amide bonds. The number of ether oxygens (including phenoxy) is 1. The van der Waals surface area contributed by atoms with Crippen molar-refractivity contribution < 1.29 is 15.0 Å². The lowest BCUT2D eigenvalue weighted by atomic mass is 9.95. The molecular formula is C49H78N10O2S2. The molecule has 3 N–H and O–H groups in total. The highest BCUT2D eigenvalue weighted by Crippen LogP contribution is 2.44. The van der Waals surface area contributed by atoms with E-state index in [9.17, 15) is 7.54 Å². The zero-order valence-corrected chi connectivity index (χ0v) is 41.1. The van der Waals surface area contributed by atoms with Crippen molar-refractivity contribution >= 4 is 33.1 Å². The fourth-order valence-corrected chi connectivity index (χ4v) is 10.3. The highest BCUT2D eigenvalue weighted by Gasteiger charge is 2.43. The van der Waals surface area contributed by atoms with Crippen molar-refractivity contribution in [3.8, 4) is 0 Å². The quantitative estimate of drug-likeness (QED) is 0.135. The molecule has 0 aliphatic carbocycles. The van der Waals surface area contributed by atoms with E-state index in [4.69, 9.17) is 13.2 Å². The number of hydrogen-bond donors (Lipinski definition) is 2. The number of rotatable bonds is 13. The zero-order valence-electron chi connectivity index (χ0n) is 43.1. The number of amides is 1. The lowest BCUT2D eigenvalue weighted by Crippen LogP contribution is -2.45. The van der Waals surface area contributed by atoms with Crippen LogP contribution in [0.2, 0.25) is 0 Å². The molecule has 12 nitrogen and oxygen atoms in total. The van der Waals surface area contributed by atoms with Crippen LogP contribution in [0.4, 0.5) is 4.79 Å². The molecule has 4 aliphatic rings. The Morgan fingerprint density at radius 3 is 1.48 bits per heavy atom. The number of aryl methyl sites for hydroxylation is 2. The molecule has 6 heterocycles. The molecule has 4 aromatic rings. The van der Waals surface area contributed by atoms with Crippen LogP contribution in [0.1, 0.15) is 189 Å². The number of carbonyl (C=O) groups excluding carboxylic acids is 1. The molecule has 0 spiro atoms. The molecule has 6 atom stereocenters. The van der Waals surface area contributed by atoms with Crippen molar-refractivity contribution in [2.24, 2.45) is 5.73 Å². The van der Waals surface area contributed by atoms with Crippen LogP contribution in [-0.4, -0.2) is 88.2 Å². The van der Waals surface area contributed by atoms with Crippen LogP contribution >= 0.6 is 27.0 Å². The average Bonchev–Trinajstić information content (AvgIpc) is 3.98. The van der Waals surface area contributed by atoms with Gasteiger partial charge in [-0.05, 0) is 110 Å². The van der Waals surface area contributed by atoms with Gasteiger partial charge in [0.15, 0.2) is 0 Å². The van der Waals surface area contributed by atoms with Gasteiger partial charge in [-0.2, -0.15) is 27.0 Å².